The summed E-state index contributed by atoms with van der Waals surface area (Å²) in [5.74, 6) is 1.94. The van der Waals surface area contributed by atoms with Gasteiger partial charge in [0.1, 0.15) is 11.2 Å². The van der Waals surface area contributed by atoms with E-state index in [1.807, 2.05) is 60.7 Å². The second kappa shape index (κ2) is 10.1. The molecule has 0 radical (unpaired) electrons. The zero-order valence-electron chi connectivity index (χ0n) is 25.5. The second-order valence-electron chi connectivity index (χ2n) is 12.4. The maximum absolute atomic E-state index is 6.67. The van der Waals surface area contributed by atoms with Crippen LogP contribution in [0.15, 0.2) is 144 Å². The molecule has 6 aromatic carbocycles. The lowest BCUT2D eigenvalue weighted by atomic mass is 9.80. The molecule has 4 nitrogen and oxygen atoms in total. The SMILES string of the molecule is CC1(C)c2ccccc2-c2ccc3oc4c(-c5ccc(-c6nc(-c7ccccc7)nc(-c7ccccc7)n6)cc5)cccc4c3c21. The summed E-state index contributed by atoms with van der Waals surface area (Å²) in [5.41, 5.74) is 12.0. The summed E-state index contributed by atoms with van der Waals surface area (Å²) >= 11 is 0. The molecular formula is C42H29N3O. The van der Waals surface area contributed by atoms with Crippen molar-refractivity contribution in [3.8, 4) is 56.4 Å². The van der Waals surface area contributed by atoms with Crippen molar-refractivity contribution in [3.63, 3.8) is 0 Å². The van der Waals surface area contributed by atoms with Crippen molar-refractivity contribution in [3.05, 3.63) is 151 Å². The number of aromatic nitrogens is 3. The van der Waals surface area contributed by atoms with E-state index >= 15 is 0 Å². The molecule has 4 heteroatoms. The lowest BCUT2D eigenvalue weighted by molar-refractivity contribution is 0.657. The fraction of sp³-hybridized carbons (Fsp3) is 0.0714. The van der Waals surface area contributed by atoms with Gasteiger partial charge < -0.3 is 4.42 Å². The zero-order chi connectivity index (χ0) is 30.8. The topological polar surface area (TPSA) is 51.8 Å². The van der Waals surface area contributed by atoms with Gasteiger partial charge in [-0.3, -0.25) is 0 Å². The minimum absolute atomic E-state index is 0.123. The van der Waals surface area contributed by atoms with E-state index in [1.54, 1.807) is 0 Å². The summed E-state index contributed by atoms with van der Waals surface area (Å²) in [6.45, 7) is 4.65. The molecular weight excluding hydrogens is 562 g/mol. The molecule has 0 N–H and O–H groups in total. The molecule has 0 atom stereocenters. The maximum Gasteiger partial charge on any atom is 0.164 e. The van der Waals surface area contributed by atoms with Gasteiger partial charge in [-0.25, -0.2) is 15.0 Å². The molecule has 0 spiro atoms. The number of nitrogens with zero attached hydrogens (tertiary/aromatic N) is 3. The van der Waals surface area contributed by atoms with E-state index in [-0.39, 0.29) is 5.41 Å². The van der Waals surface area contributed by atoms with Crippen LogP contribution in [0, 0.1) is 0 Å². The minimum Gasteiger partial charge on any atom is -0.455 e. The smallest absolute Gasteiger partial charge is 0.164 e. The van der Waals surface area contributed by atoms with E-state index in [0.29, 0.717) is 17.5 Å². The Kier molecular flexibility index (Phi) is 5.81. The summed E-state index contributed by atoms with van der Waals surface area (Å²) in [4.78, 5) is 14.6. The van der Waals surface area contributed by atoms with Crippen LogP contribution in [0.3, 0.4) is 0 Å². The van der Waals surface area contributed by atoms with E-state index in [9.17, 15) is 0 Å². The van der Waals surface area contributed by atoms with Gasteiger partial charge in [0.2, 0.25) is 0 Å². The second-order valence-corrected chi connectivity index (χ2v) is 12.4. The van der Waals surface area contributed by atoms with Crippen LogP contribution in [0.4, 0.5) is 0 Å². The number of benzene rings is 6. The Morgan fingerprint density at radius 3 is 1.65 bits per heavy atom. The van der Waals surface area contributed by atoms with Crippen LogP contribution in [0.2, 0.25) is 0 Å². The van der Waals surface area contributed by atoms with Gasteiger partial charge in [0.25, 0.3) is 0 Å². The van der Waals surface area contributed by atoms with Crippen LogP contribution in [0.25, 0.3) is 78.4 Å². The van der Waals surface area contributed by atoms with Gasteiger partial charge in [0, 0.05) is 38.4 Å². The summed E-state index contributed by atoms with van der Waals surface area (Å²) in [6.07, 6.45) is 0. The molecule has 0 saturated heterocycles. The molecule has 8 aromatic rings. The van der Waals surface area contributed by atoms with Crippen molar-refractivity contribution in [1.82, 2.24) is 15.0 Å². The molecule has 2 aromatic heterocycles. The zero-order valence-corrected chi connectivity index (χ0v) is 25.5. The molecule has 46 heavy (non-hydrogen) atoms. The van der Waals surface area contributed by atoms with Gasteiger partial charge in [0.05, 0.1) is 0 Å². The number of hydrogen-bond acceptors (Lipinski definition) is 4. The van der Waals surface area contributed by atoms with Crippen molar-refractivity contribution in [2.45, 2.75) is 19.3 Å². The highest BCUT2D eigenvalue weighted by Gasteiger charge is 2.38. The predicted molar refractivity (Wildman–Crippen MR) is 186 cm³/mol. The number of para-hydroxylation sites is 1. The van der Waals surface area contributed by atoms with E-state index in [2.05, 4.69) is 92.7 Å². The molecule has 0 bridgehead atoms. The maximum atomic E-state index is 6.67. The van der Waals surface area contributed by atoms with Gasteiger partial charge in [0.15, 0.2) is 17.5 Å². The first kappa shape index (κ1) is 26.5. The molecule has 0 saturated carbocycles. The third-order valence-electron chi connectivity index (χ3n) is 9.33. The van der Waals surface area contributed by atoms with Crippen LogP contribution >= 0.6 is 0 Å². The van der Waals surface area contributed by atoms with E-state index in [0.717, 1.165) is 44.4 Å². The van der Waals surface area contributed by atoms with Gasteiger partial charge >= 0.3 is 0 Å². The number of hydrogen-bond donors (Lipinski definition) is 0. The fourth-order valence-electron chi connectivity index (χ4n) is 7.12. The lowest BCUT2D eigenvalue weighted by Gasteiger charge is -2.22. The van der Waals surface area contributed by atoms with Crippen molar-refractivity contribution >= 4 is 21.9 Å². The first-order valence-corrected chi connectivity index (χ1v) is 15.6. The minimum atomic E-state index is -0.123. The van der Waals surface area contributed by atoms with Gasteiger partial charge in [-0.1, -0.05) is 147 Å². The number of fused-ring (bicyclic) bond motifs is 7. The quantitative estimate of drug-likeness (QED) is 0.204. The van der Waals surface area contributed by atoms with Crippen molar-refractivity contribution in [2.24, 2.45) is 0 Å². The summed E-state index contributed by atoms with van der Waals surface area (Å²) in [6, 6.07) is 48.2. The highest BCUT2D eigenvalue weighted by Crippen LogP contribution is 2.53. The molecule has 218 valence electrons. The van der Waals surface area contributed by atoms with Crippen LogP contribution in [-0.2, 0) is 5.41 Å². The Bertz CT molecular complexity index is 2370. The molecule has 0 aliphatic heterocycles. The highest BCUT2D eigenvalue weighted by molar-refractivity contribution is 6.14. The Labute approximate surface area is 267 Å². The van der Waals surface area contributed by atoms with Crippen molar-refractivity contribution < 1.29 is 4.42 Å². The van der Waals surface area contributed by atoms with Gasteiger partial charge in [-0.05, 0) is 33.9 Å². The van der Waals surface area contributed by atoms with E-state index in [1.165, 1.54) is 27.6 Å². The average Bonchev–Trinajstić information content (AvgIpc) is 3.61. The normalized spacial score (nSPS) is 13.2. The van der Waals surface area contributed by atoms with Crippen molar-refractivity contribution in [1.29, 1.82) is 0 Å². The highest BCUT2D eigenvalue weighted by atomic mass is 16.3. The third kappa shape index (κ3) is 4.04. The summed E-state index contributed by atoms with van der Waals surface area (Å²) in [5, 5.41) is 2.35. The largest absolute Gasteiger partial charge is 0.455 e. The molecule has 9 rings (SSSR count). The molecule has 0 amide bonds. The summed E-state index contributed by atoms with van der Waals surface area (Å²) < 4.78 is 6.67. The first-order valence-electron chi connectivity index (χ1n) is 15.6. The van der Waals surface area contributed by atoms with Crippen LogP contribution in [0.1, 0.15) is 25.0 Å². The van der Waals surface area contributed by atoms with Crippen LogP contribution < -0.4 is 0 Å². The van der Waals surface area contributed by atoms with E-state index in [4.69, 9.17) is 19.4 Å². The average molecular weight is 592 g/mol. The number of rotatable bonds is 4. The summed E-state index contributed by atoms with van der Waals surface area (Å²) in [7, 11) is 0. The standard InChI is InChI=1S/C42H29N3O/c1-42(2)34-19-10-9-16-31(34)32-24-25-35-36(37(32)42)33-18-11-17-30(38(33)46-35)26-20-22-29(23-21-26)41-44-39(27-12-5-3-6-13-27)43-40(45-41)28-14-7-4-8-15-28/h3-25H,1-2H3. The Morgan fingerprint density at radius 1 is 0.457 bits per heavy atom. The van der Waals surface area contributed by atoms with Crippen LogP contribution in [-0.4, -0.2) is 15.0 Å². The Morgan fingerprint density at radius 2 is 1.00 bits per heavy atom. The molecule has 1 aliphatic rings. The predicted octanol–water partition coefficient (Wildman–Crippen LogP) is 10.7. The molecule has 2 heterocycles. The lowest BCUT2D eigenvalue weighted by Crippen LogP contribution is -2.15. The van der Waals surface area contributed by atoms with Gasteiger partial charge in [-0.2, -0.15) is 0 Å². The monoisotopic (exact) mass is 591 g/mol. The first-order chi connectivity index (χ1) is 22.6. The number of furan rings is 1. The Balaban J connectivity index is 1.16. The third-order valence-corrected chi connectivity index (χ3v) is 9.33. The van der Waals surface area contributed by atoms with Crippen molar-refractivity contribution in [2.75, 3.05) is 0 Å². The molecule has 0 unspecified atom stereocenters. The Hall–Kier alpha value is -5.87. The van der Waals surface area contributed by atoms with Gasteiger partial charge in [-0.15, -0.1) is 0 Å². The molecule has 0 fully saturated rings. The van der Waals surface area contributed by atoms with E-state index < -0.39 is 0 Å². The molecule has 1 aliphatic carbocycles. The fourth-order valence-corrected chi connectivity index (χ4v) is 7.12. The van der Waals surface area contributed by atoms with Crippen LogP contribution in [0.5, 0.6) is 0 Å².